The molecule has 0 radical (unpaired) electrons. The maximum Gasteiger partial charge on any atom is 0.349 e. The van der Waals surface area contributed by atoms with E-state index >= 15 is 0 Å². The molecule has 1 aromatic heterocycles. The number of hydrogen-bond donors (Lipinski definition) is 0. The summed E-state index contributed by atoms with van der Waals surface area (Å²) in [5.41, 5.74) is 0. The van der Waals surface area contributed by atoms with Gasteiger partial charge in [-0.05, 0) is 19.4 Å². The van der Waals surface area contributed by atoms with E-state index in [9.17, 15) is 4.79 Å². The molecule has 0 saturated carbocycles. The van der Waals surface area contributed by atoms with Crippen LogP contribution in [-0.4, -0.2) is 12.6 Å². The number of thiophene rings is 1. The van der Waals surface area contributed by atoms with Crippen LogP contribution in [0.2, 0.25) is 5.02 Å². The molecule has 0 aliphatic carbocycles. The highest BCUT2D eigenvalue weighted by Crippen LogP contribution is 2.27. The summed E-state index contributed by atoms with van der Waals surface area (Å²) in [5.74, 6) is -0.322. The molecule has 1 heterocycles. The van der Waals surface area contributed by atoms with Crippen LogP contribution in [0.4, 0.5) is 0 Å². The zero-order chi connectivity index (χ0) is 9.84. The predicted octanol–water partition coefficient (Wildman–Crippen LogP) is 3.14. The van der Waals surface area contributed by atoms with Gasteiger partial charge in [-0.25, -0.2) is 4.79 Å². The first-order chi connectivity index (χ1) is 6.19. The summed E-state index contributed by atoms with van der Waals surface area (Å²) >= 11 is 7.26. The molecule has 0 atom stereocenters. The number of halogens is 1. The first-order valence-corrected chi connectivity index (χ1v) is 5.33. The van der Waals surface area contributed by atoms with E-state index in [-0.39, 0.29) is 5.97 Å². The van der Waals surface area contributed by atoms with Gasteiger partial charge >= 0.3 is 5.97 Å². The van der Waals surface area contributed by atoms with Crippen LogP contribution in [-0.2, 0) is 11.2 Å². The van der Waals surface area contributed by atoms with E-state index in [4.69, 9.17) is 16.3 Å². The zero-order valence-corrected chi connectivity index (χ0v) is 9.17. The van der Waals surface area contributed by atoms with Crippen molar-refractivity contribution in [2.24, 2.45) is 0 Å². The molecule has 0 aromatic carbocycles. The minimum atomic E-state index is -0.322. The lowest BCUT2D eigenvalue weighted by atomic mass is 10.3. The second-order valence-corrected chi connectivity index (χ2v) is 4.01. The SMILES string of the molecule is CCOC(=O)c1sc(CC)cc1Cl. The Morgan fingerprint density at radius 1 is 1.62 bits per heavy atom. The molecule has 0 spiro atoms. The second kappa shape index (κ2) is 4.63. The van der Waals surface area contributed by atoms with Crippen molar-refractivity contribution >= 4 is 28.9 Å². The predicted molar refractivity (Wildman–Crippen MR) is 54.7 cm³/mol. The van der Waals surface area contributed by atoms with Gasteiger partial charge in [0.25, 0.3) is 0 Å². The normalized spacial score (nSPS) is 10.1. The van der Waals surface area contributed by atoms with Crippen LogP contribution in [0.25, 0.3) is 0 Å². The summed E-state index contributed by atoms with van der Waals surface area (Å²) in [5, 5.41) is 0.500. The summed E-state index contributed by atoms with van der Waals surface area (Å²) in [7, 11) is 0. The van der Waals surface area contributed by atoms with Gasteiger partial charge in [0.1, 0.15) is 4.88 Å². The molecule has 13 heavy (non-hydrogen) atoms. The maximum atomic E-state index is 11.3. The molecule has 0 N–H and O–H groups in total. The Hall–Kier alpha value is -0.540. The number of hydrogen-bond acceptors (Lipinski definition) is 3. The Kier molecular flexibility index (Phi) is 3.75. The number of esters is 1. The van der Waals surface area contributed by atoms with Crippen LogP contribution in [0.1, 0.15) is 28.4 Å². The monoisotopic (exact) mass is 218 g/mol. The van der Waals surface area contributed by atoms with Crippen molar-refractivity contribution in [1.29, 1.82) is 0 Å². The molecule has 1 aromatic rings. The van der Waals surface area contributed by atoms with Crippen LogP contribution in [0.15, 0.2) is 6.07 Å². The largest absolute Gasteiger partial charge is 0.462 e. The first-order valence-electron chi connectivity index (χ1n) is 4.14. The van der Waals surface area contributed by atoms with E-state index < -0.39 is 0 Å². The van der Waals surface area contributed by atoms with Gasteiger partial charge in [-0.2, -0.15) is 0 Å². The van der Waals surface area contributed by atoms with Crippen LogP contribution in [0.5, 0.6) is 0 Å². The van der Waals surface area contributed by atoms with Crippen molar-refractivity contribution in [2.45, 2.75) is 20.3 Å². The second-order valence-electron chi connectivity index (χ2n) is 2.46. The summed E-state index contributed by atoms with van der Waals surface area (Å²) in [4.78, 5) is 12.9. The topological polar surface area (TPSA) is 26.3 Å². The Morgan fingerprint density at radius 3 is 2.77 bits per heavy atom. The smallest absolute Gasteiger partial charge is 0.349 e. The van der Waals surface area contributed by atoms with Crippen LogP contribution >= 0.6 is 22.9 Å². The van der Waals surface area contributed by atoms with E-state index in [0.717, 1.165) is 11.3 Å². The van der Waals surface area contributed by atoms with Gasteiger partial charge in [-0.15, -0.1) is 11.3 Å². The van der Waals surface area contributed by atoms with Crippen molar-refractivity contribution in [3.8, 4) is 0 Å². The van der Waals surface area contributed by atoms with E-state index in [1.54, 1.807) is 6.92 Å². The lowest BCUT2D eigenvalue weighted by molar-refractivity contribution is 0.0532. The van der Waals surface area contributed by atoms with Gasteiger partial charge in [-0.3, -0.25) is 0 Å². The van der Waals surface area contributed by atoms with Crippen molar-refractivity contribution in [3.05, 3.63) is 20.8 Å². The number of aryl methyl sites for hydroxylation is 1. The van der Waals surface area contributed by atoms with Crippen molar-refractivity contribution < 1.29 is 9.53 Å². The first kappa shape index (κ1) is 10.5. The molecule has 0 fully saturated rings. The minimum Gasteiger partial charge on any atom is -0.462 e. The molecule has 2 nitrogen and oxygen atoms in total. The highest BCUT2D eigenvalue weighted by molar-refractivity contribution is 7.14. The quantitative estimate of drug-likeness (QED) is 0.729. The molecule has 0 unspecified atom stereocenters. The van der Waals surface area contributed by atoms with E-state index in [2.05, 4.69) is 0 Å². The fourth-order valence-corrected chi connectivity index (χ4v) is 2.20. The van der Waals surface area contributed by atoms with Crippen molar-refractivity contribution in [1.82, 2.24) is 0 Å². The van der Waals surface area contributed by atoms with Crippen LogP contribution < -0.4 is 0 Å². The van der Waals surface area contributed by atoms with Gasteiger partial charge in [0, 0.05) is 4.88 Å². The standard InChI is InChI=1S/C9H11ClO2S/c1-3-6-5-7(10)8(13-6)9(11)12-4-2/h5H,3-4H2,1-2H3. The summed E-state index contributed by atoms with van der Waals surface area (Å²) in [6.07, 6.45) is 0.893. The van der Waals surface area contributed by atoms with Gasteiger partial charge in [0.05, 0.1) is 11.6 Å². The Balaban J connectivity index is 2.87. The highest BCUT2D eigenvalue weighted by Gasteiger charge is 2.14. The molecule has 72 valence electrons. The van der Waals surface area contributed by atoms with Gasteiger partial charge in [0.2, 0.25) is 0 Å². The molecule has 0 aliphatic rings. The van der Waals surface area contributed by atoms with E-state index in [0.29, 0.717) is 16.5 Å². The third kappa shape index (κ3) is 2.45. The maximum absolute atomic E-state index is 11.3. The Bertz CT molecular complexity index is 307. The highest BCUT2D eigenvalue weighted by atomic mass is 35.5. The molecule has 1 rings (SSSR count). The Morgan fingerprint density at radius 2 is 2.31 bits per heavy atom. The minimum absolute atomic E-state index is 0.322. The third-order valence-electron chi connectivity index (χ3n) is 1.55. The van der Waals surface area contributed by atoms with Gasteiger partial charge < -0.3 is 4.74 Å². The Labute approximate surface area is 86.5 Å². The van der Waals surface area contributed by atoms with Crippen LogP contribution in [0, 0.1) is 0 Å². The van der Waals surface area contributed by atoms with E-state index in [1.807, 2.05) is 13.0 Å². The lowest BCUT2D eigenvalue weighted by Crippen LogP contribution is -2.02. The summed E-state index contributed by atoms with van der Waals surface area (Å²) in [6, 6.07) is 1.82. The molecule has 0 amide bonds. The molecule has 0 aliphatic heterocycles. The molecular formula is C9H11ClO2S. The lowest BCUT2D eigenvalue weighted by Gasteiger charge is -1.97. The number of ether oxygens (including phenoxy) is 1. The number of rotatable bonds is 3. The molecular weight excluding hydrogens is 208 g/mol. The van der Waals surface area contributed by atoms with Gasteiger partial charge in [-0.1, -0.05) is 18.5 Å². The zero-order valence-electron chi connectivity index (χ0n) is 7.59. The summed E-state index contributed by atoms with van der Waals surface area (Å²) in [6.45, 7) is 4.19. The summed E-state index contributed by atoms with van der Waals surface area (Å²) < 4.78 is 4.85. The fraction of sp³-hybridized carbons (Fsp3) is 0.444. The van der Waals surface area contributed by atoms with Gasteiger partial charge in [0.15, 0.2) is 0 Å². The number of carbonyl (C=O) groups is 1. The molecule has 0 bridgehead atoms. The average molecular weight is 219 g/mol. The van der Waals surface area contributed by atoms with Crippen molar-refractivity contribution in [2.75, 3.05) is 6.61 Å². The average Bonchev–Trinajstić information content (AvgIpc) is 2.47. The fourth-order valence-electron chi connectivity index (χ4n) is 0.926. The van der Waals surface area contributed by atoms with E-state index in [1.165, 1.54) is 11.3 Å². The van der Waals surface area contributed by atoms with Crippen molar-refractivity contribution in [3.63, 3.8) is 0 Å². The number of carbonyl (C=O) groups excluding carboxylic acids is 1. The van der Waals surface area contributed by atoms with Crippen LogP contribution in [0.3, 0.4) is 0 Å². The molecule has 4 heteroatoms. The molecule has 0 saturated heterocycles. The third-order valence-corrected chi connectivity index (χ3v) is 3.22.